The van der Waals surface area contributed by atoms with Gasteiger partial charge in [-0.2, -0.15) is 5.10 Å². The molecule has 0 saturated heterocycles. The first kappa shape index (κ1) is 19.0. The Kier molecular flexibility index (Phi) is 5.48. The summed E-state index contributed by atoms with van der Waals surface area (Å²) in [6.07, 6.45) is 0.679. The molecule has 7 heteroatoms. The molecule has 146 valence electrons. The minimum absolute atomic E-state index is 0.338. The van der Waals surface area contributed by atoms with Crippen LogP contribution in [0.25, 0.3) is 10.6 Å². The molecule has 1 aliphatic rings. The van der Waals surface area contributed by atoms with Crippen LogP contribution in [-0.4, -0.2) is 40.7 Å². The Bertz CT molecular complexity index is 1060. The summed E-state index contributed by atoms with van der Waals surface area (Å²) >= 11 is 1.26. The molecule has 0 spiro atoms. The largest absolute Gasteiger partial charge is 0.451 e. The molecule has 4 rings (SSSR count). The maximum Gasteiger partial charge on any atom is 0.350 e. The van der Waals surface area contributed by atoms with Crippen LogP contribution in [0.1, 0.15) is 27.3 Å². The van der Waals surface area contributed by atoms with E-state index in [1.165, 1.54) is 16.3 Å². The molecule has 0 atom stereocenters. The van der Waals surface area contributed by atoms with Crippen LogP contribution >= 0.6 is 11.3 Å². The Morgan fingerprint density at radius 3 is 2.38 bits per heavy atom. The molecule has 0 saturated carbocycles. The molecule has 1 aliphatic heterocycles. The number of hydrogen-bond acceptors (Lipinski definition) is 6. The molecule has 0 unspecified atom stereocenters. The van der Waals surface area contributed by atoms with Crippen molar-refractivity contribution in [3.05, 3.63) is 76.8 Å². The number of amides is 1. The van der Waals surface area contributed by atoms with Gasteiger partial charge in [0.25, 0.3) is 5.91 Å². The molecule has 3 aromatic rings. The number of carbonyl (C=O) groups excluding carboxylic acids is 2. The molecule has 0 fully saturated rings. The van der Waals surface area contributed by atoms with Gasteiger partial charge in [-0.1, -0.05) is 60.7 Å². The Balaban J connectivity index is 1.38. The number of hydrazone groups is 1. The number of aryl methyl sites for hydroxylation is 1. The van der Waals surface area contributed by atoms with Crippen LogP contribution in [0, 0.1) is 6.92 Å². The average molecular weight is 405 g/mol. The maximum absolute atomic E-state index is 12.5. The van der Waals surface area contributed by atoms with Crippen LogP contribution in [0.15, 0.2) is 65.8 Å². The van der Waals surface area contributed by atoms with Crippen LogP contribution in [0.2, 0.25) is 0 Å². The highest BCUT2D eigenvalue weighted by Crippen LogP contribution is 2.28. The van der Waals surface area contributed by atoms with Crippen molar-refractivity contribution >= 4 is 28.9 Å². The maximum atomic E-state index is 12.5. The highest BCUT2D eigenvalue weighted by atomic mass is 32.1. The fourth-order valence-corrected chi connectivity index (χ4v) is 3.99. The molecule has 0 radical (unpaired) electrons. The summed E-state index contributed by atoms with van der Waals surface area (Å²) in [6, 6.07) is 19.4. The Hall–Kier alpha value is -3.32. The smallest absolute Gasteiger partial charge is 0.350 e. The van der Waals surface area contributed by atoms with Crippen molar-refractivity contribution in [2.45, 2.75) is 13.3 Å². The predicted octanol–water partition coefficient (Wildman–Crippen LogP) is 3.91. The van der Waals surface area contributed by atoms with E-state index in [9.17, 15) is 9.59 Å². The van der Waals surface area contributed by atoms with Crippen LogP contribution in [0.5, 0.6) is 0 Å². The Morgan fingerprint density at radius 1 is 1.03 bits per heavy atom. The normalized spacial score (nSPS) is 13.3. The fourth-order valence-electron chi connectivity index (χ4n) is 3.03. The molecular weight excluding hydrogens is 386 g/mol. The third-order valence-corrected chi connectivity index (χ3v) is 5.71. The molecule has 2 heterocycles. The molecule has 1 aromatic heterocycles. The van der Waals surface area contributed by atoms with Gasteiger partial charge in [0, 0.05) is 12.0 Å². The van der Waals surface area contributed by atoms with Crippen molar-refractivity contribution in [2.75, 3.05) is 13.2 Å². The molecule has 29 heavy (non-hydrogen) atoms. The van der Waals surface area contributed by atoms with Gasteiger partial charge in [-0.05, 0) is 12.5 Å². The van der Waals surface area contributed by atoms with E-state index in [2.05, 4.69) is 10.1 Å². The first-order valence-corrected chi connectivity index (χ1v) is 10.1. The molecule has 2 aromatic carbocycles. The number of nitrogens with zero attached hydrogens (tertiary/aromatic N) is 3. The van der Waals surface area contributed by atoms with E-state index < -0.39 is 5.97 Å². The van der Waals surface area contributed by atoms with E-state index in [0.29, 0.717) is 23.5 Å². The Morgan fingerprint density at radius 2 is 1.69 bits per heavy atom. The van der Waals surface area contributed by atoms with Crippen molar-refractivity contribution in [3.63, 3.8) is 0 Å². The second-order valence-corrected chi connectivity index (χ2v) is 7.55. The standard InChI is InChI=1S/C22H19N3O3S/c1-15-20(29-21(23-15)17-10-6-3-7-11-17)22(27)28-14-19(26)25-13-12-18(24-25)16-8-4-2-5-9-16/h2-11H,12-14H2,1H3. The molecular formula is C22H19N3O3S. The third-order valence-electron chi connectivity index (χ3n) is 4.53. The molecule has 6 nitrogen and oxygen atoms in total. The van der Waals surface area contributed by atoms with Gasteiger partial charge in [0.15, 0.2) is 6.61 Å². The fraction of sp³-hybridized carbons (Fsp3) is 0.182. The van der Waals surface area contributed by atoms with Gasteiger partial charge in [-0.15, -0.1) is 11.3 Å². The monoisotopic (exact) mass is 405 g/mol. The lowest BCUT2D eigenvalue weighted by Crippen LogP contribution is -2.28. The van der Waals surface area contributed by atoms with Crippen molar-refractivity contribution in [1.82, 2.24) is 9.99 Å². The summed E-state index contributed by atoms with van der Waals surface area (Å²) < 4.78 is 5.24. The highest BCUT2D eigenvalue weighted by molar-refractivity contribution is 7.17. The topological polar surface area (TPSA) is 71.9 Å². The predicted molar refractivity (Wildman–Crippen MR) is 112 cm³/mol. The lowest BCUT2D eigenvalue weighted by Gasteiger charge is -2.11. The minimum atomic E-state index is -0.540. The van der Waals surface area contributed by atoms with E-state index in [0.717, 1.165) is 21.8 Å². The van der Waals surface area contributed by atoms with E-state index >= 15 is 0 Å². The van der Waals surface area contributed by atoms with Crippen LogP contribution < -0.4 is 0 Å². The van der Waals surface area contributed by atoms with Gasteiger partial charge in [0.05, 0.1) is 18.0 Å². The van der Waals surface area contributed by atoms with Gasteiger partial charge >= 0.3 is 5.97 Å². The third kappa shape index (κ3) is 4.25. The van der Waals surface area contributed by atoms with Crippen LogP contribution in [0.4, 0.5) is 0 Å². The summed E-state index contributed by atoms with van der Waals surface area (Å²) in [7, 11) is 0. The zero-order valence-corrected chi connectivity index (χ0v) is 16.7. The van der Waals surface area contributed by atoms with Crippen LogP contribution in [-0.2, 0) is 9.53 Å². The minimum Gasteiger partial charge on any atom is -0.451 e. The summed E-state index contributed by atoms with van der Waals surface area (Å²) in [5.74, 6) is -0.878. The number of ether oxygens (including phenoxy) is 1. The van der Waals surface area contributed by atoms with Gasteiger partial charge in [0.1, 0.15) is 9.88 Å². The zero-order chi connectivity index (χ0) is 20.2. The Labute approximate surface area is 172 Å². The van der Waals surface area contributed by atoms with E-state index in [1.54, 1.807) is 6.92 Å². The first-order chi connectivity index (χ1) is 14.1. The lowest BCUT2D eigenvalue weighted by atomic mass is 10.1. The van der Waals surface area contributed by atoms with Crippen LogP contribution in [0.3, 0.4) is 0 Å². The van der Waals surface area contributed by atoms with E-state index in [1.807, 2.05) is 60.7 Å². The number of esters is 1. The SMILES string of the molecule is Cc1nc(-c2ccccc2)sc1C(=O)OCC(=O)N1CCC(c2ccccc2)=N1. The quantitative estimate of drug-likeness (QED) is 0.604. The molecule has 0 aliphatic carbocycles. The number of rotatable bonds is 5. The van der Waals surface area contributed by atoms with E-state index in [4.69, 9.17) is 4.74 Å². The summed E-state index contributed by atoms with van der Waals surface area (Å²) in [5, 5.41) is 6.48. The summed E-state index contributed by atoms with van der Waals surface area (Å²) in [4.78, 5) is 29.7. The van der Waals surface area contributed by atoms with Gasteiger partial charge < -0.3 is 4.74 Å². The second kappa shape index (κ2) is 8.36. The number of carbonyl (C=O) groups is 2. The second-order valence-electron chi connectivity index (χ2n) is 6.56. The first-order valence-electron chi connectivity index (χ1n) is 9.25. The molecule has 1 amide bonds. The molecule has 0 N–H and O–H groups in total. The van der Waals surface area contributed by atoms with Crippen molar-refractivity contribution in [2.24, 2.45) is 5.10 Å². The summed E-state index contributed by atoms with van der Waals surface area (Å²) in [5.41, 5.74) is 3.39. The highest BCUT2D eigenvalue weighted by Gasteiger charge is 2.24. The zero-order valence-electron chi connectivity index (χ0n) is 15.9. The lowest BCUT2D eigenvalue weighted by molar-refractivity contribution is -0.134. The van der Waals surface area contributed by atoms with Crippen molar-refractivity contribution in [3.8, 4) is 10.6 Å². The van der Waals surface area contributed by atoms with Gasteiger partial charge in [-0.3, -0.25) is 4.79 Å². The number of aromatic nitrogens is 1. The van der Waals surface area contributed by atoms with Gasteiger partial charge in [-0.25, -0.2) is 14.8 Å². The average Bonchev–Trinajstić information content (AvgIpc) is 3.40. The number of hydrogen-bond donors (Lipinski definition) is 0. The number of thiazole rings is 1. The molecule has 0 bridgehead atoms. The van der Waals surface area contributed by atoms with E-state index in [-0.39, 0.29) is 12.5 Å². The van der Waals surface area contributed by atoms with Crippen molar-refractivity contribution < 1.29 is 14.3 Å². The van der Waals surface area contributed by atoms with Gasteiger partial charge in [0.2, 0.25) is 0 Å². The summed E-state index contributed by atoms with van der Waals surface area (Å²) in [6.45, 7) is 1.90. The number of benzene rings is 2. The van der Waals surface area contributed by atoms with Crippen molar-refractivity contribution in [1.29, 1.82) is 0 Å².